The average molecular weight is 1010 g/mol. The van der Waals surface area contributed by atoms with Crippen LogP contribution in [0, 0.1) is 11.3 Å². The molecule has 6 aliphatic heterocycles. The van der Waals surface area contributed by atoms with Crippen molar-refractivity contribution in [1.82, 2.24) is 39.5 Å². The van der Waals surface area contributed by atoms with E-state index >= 15 is 0 Å². The maximum absolute atomic E-state index is 14.9. The third-order valence-electron chi connectivity index (χ3n) is 17.7. The van der Waals surface area contributed by atoms with Crippen molar-refractivity contribution in [2.24, 2.45) is 11.3 Å². The number of likely N-dealkylation sites (tertiary alicyclic amines) is 2. The second-order valence-corrected chi connectivity index (χ2v) is 22.9. The van der Waals surface area contributed by atoms with Gasteiger partial charge in [-0.25, -0.2) is 15.0 Å². The zero-order valence-electron chi connectivity index (χ0n) is 43.7. The molecule has 17 nitrogen and oxygen atoms in total. The molecule has 1 aromatic carbocycles. The van der Waals surface area contributed by atoms with E-state index in [0.717, 1.165) is 103 Å². The van der Waals surface area contributed by atoms with E-state index in [1.807, 2.05) is 28.3 Å². The largest absolute Gasteiger partial charge is 0.381 e. The van der Waals surface area contributed by atoms with Gasteiger partial charge < -0.3 is 39.1 Å². The highest BCUT2D eigenvalue weighted by Crippen LogP contribution is 2.41. The molecule has 5 saturated heterocycles. The molecule has 5 amide bonds. The van der Waals surface area contributed by atoms with Crippen molar-refractivity contribution < 1.29 is 28.7 Å². The van der Waals surface area contributed by atoms with Crippen molar-refractivity contribution in [3.63, 3.8) is 0 Å². The first kappa shape index (κ1) is 50.2. The maximum atomic E-state index is 14.9. The number of hydrogen-bond donors (Lipinski definition) is 2. The number of carbonyl (C=O) groups is 5. The van der Waals surface area contributed by atoms with Gasteiger partial charge in [0, 0.05) is 118 Å². The van der Waals surface area contributed by atoms with Crippen molar-refractivity contribution in [1.29, 1.82) is 0 Å². The first-order chi connectivity index (χ1) is 35.9. The smallest absolute Gasteiger partial charge is 0.234 e. The number of piperidine rings is 4. The maximum Gasteiger partial charge on any atom is 0.234 e. The predicted molar refractivity (Wildman–Crippen MR) is 284 cm³/mol. The number of rotatable bonds is 10. The minimum absolute atomic E-state index is 0.0581. The van der Waals surface area contributed by atoms with Gasteiger partial charge in [-0.05, 0) is 133 Å². The number of nitrogens with one attached hydrogen (secondary N) is 2. The van der Waals surface area contributed by atoms with Crippen LogP contribution >= 0.6 is 0 Å². The lowest BCUT2D eigenvalue weighted by atomic mass is 9.78. The average Bonchev–Trinajstić information content (AvgIpc) is 3.87. The first-order valence-corrected chi connectivity index (χ1v) is 27.9. The number of hydrogen-bond acceptors (Lipinski definition) is 12. The molecule has 17 heteroatoms. The first-order valence-electron chi connectivity index (χ1n) is 27.9. The van der Waals surface area contributed by atoms with Crippen LogP contribution in [-0.4, -0.2) is 147 Å². The van der Waals surface area contributed by atoms with Gasteiger partial charge in [-0.1, -0.05) is 31.5 Å². The van der Waals surface area contributed by atoms with Crippen molar-refractivity contribution >= 4 is 57.9 Å². The Morgan fingerprint density at radius 2 is 1.55 bits per heavy atom. The summed E-state index contributed by atoms with van der Waals surface area (Å²) in [6, 6.07) is 13.4. The molecule has 4 aromatic rings. The Balaban J connectivity index is 0.771. The Labute approximate surface area is 435 Å². The third-order valence-corrected chi connectivity index (χ3v) is 17.7. The van der Waals surface area contributed by atoms with Crippen molar-refractivity contribution in [2.75, 3.05) is 80.7 Å². The zero-order chi connectivity index (χ0) is 51.1. The summed E-state index contributed by atoms with van der Waals surface area (Å²) in [7, 11) is 0. The third kappa shape index (κ3) is 10.3. The van der Waals surface area contributed by atoms with Crippen molar-refractivity contribution in [3.8, 4) is 11.3 Å². The minimum atomic E-state index is -0.645. The molecular formula is C57H75N11O6. The highest BCUT2D eigenvalue weighted by Gasteiger charge is 2.44. The number of imidazole rings is 1. The molecule has 1 saturated carbocycles. The second-order valence-electron chi connectivity index (χ2n) is 22.9. The van der Waals surface area contributed by atoms with Gasteiger partial charge in [0.15, 0.2) is 5.82 Å². The number of benzene rings is 1. The second kappa shape index (κ2) is 21.4. The van der Waals surface area contributed by atoms with Crippen LogP contribution in [-0.2, 0) is 35.1 Å². The number of ether oxygens (including phenoxy) is 1. The molecule has 0 radical (unpaired) electrons. The van der Waals surface area contributed by atoms with Gasteiger partial charge in [-0.3, -0.25) is 29.3 Å². The molecule has 0 bridgehead atoms. The van der Waals surface area contributed by atoms with Crippen molar-refractivity contribution in [3.05, 3.63) is 60.0 Å². The summed E-state index contributed by atoms with van der Waals surface area (Å²) in [5.41, 5.74) is 5.77. The van der Waals surface area contributed by atoms with Crippen LogP contribution in [0.1, 0.15) is 134 Å². The number of nitrogens with zero attached hydrogens (tertiary/aromatic N) is 9. The van der Waals surface area contributed by atoms with Crippen LogP contribution < -0.4 is 20.4 Å². The molecule has 2 N–H and O–H groups in total. The molecule has 394 valence electrons. The number of pyridine rings is 2. The number of anilines is 3. The molecule has 7 aliphatic rings. The van der Waals surface area contributed by atoms with E-state index < -0.39 is 5.41 Å². The van der Waals surface area contributed by atoms with Gasteiger partial charge >= 0.3 is 0 Å². The highest BCUT2D eigenvalue weighted by molar-refractivity contribution is 6.01. The summed E-state index contributed by atoms with van der Waals surface area (Å²) >= 11 is 0. The fourth-order valence-electron chi connectivity index (χ4n) is 12.9. The quantitative estimate of drug-likeness (QED) is 0.158. The minimum Gasteiger partial charge on any atom is -0.381 e. The van der Waals surface area contributed by atoms with Crippen LogP contribution in [0.4, 0.5) is 17.3 Å². The van der Waals surface area contributed by atoms with E-state index in [2.05, 4.69) is 79.9 Å². The summed E-state index contributed by atoms with van der Waals surface area (Å²) in [5.74, 6) is 0.966. The lowest BCUT2D eigenvalue weighted by molar-refractivity contribution is -0.149. The van der Waals surface area contributed by atoms with Gasteiger partial charge in [0.05, 0.1) is 23.5 Å². The van der Waals surface area contributed by atoms with Crippen LogP contribution in [0.2, 0.25) is 0 Å². The SMILES string of the molecule is CC(C)n1cnc2cc(-c3ccc4c(c3)N([C@H]3C[C@@H](N5CCCCC5)C3)C(=O)CCN(C(=O)C3(C)CCN(C(=O)C5CCN(c6ccc(C7CCC(=O)NC7=O)cn6)CC5)CC3)CC4)nc(NC3CCOCC3)c21. The van der Waals surface area contributed by atoms with Crippen molar-refractivity contribution in [2.45, 2.75) is 147 Å². The lowest BCUT2D eigenvalue weighted by Gasteiger charge is -2.49. The Morgan fingerprint density at radius 3 is 2.27 bits per heavy atom. The molecule has 0 spiro atoms. The fourth-order valence-corrected chi connectivity index (χ4v) is 12.9. The molecule has 3 aromatic heterocycles. The van der Waals surface area contributed by atoms with Crippen LogP contribution in [0.15, 0.2) is 48.9 Å². The summed E-state index contributed by atoms with van der Waals surface area (Å²) in [5, 5.41) is 6.21. The number of carbonyl (C=O) groups excluding carboxylic acids is 5. The molecule has 1 atom stereocenters. The zero-order valence-corrected chi connectivity index (χ0v) is 43.7. The summed E-state index contributed by atoms with van der Waals surface area (Å²) in [6.45, 7) is 13.4. The van der Waals surface area contributed by atoms with Gasteiger partial charge in [0.25, 0.3) is 0 Å². The summed E-state index contributed by atoms with van der Waals surface area (Å²) in [6.07, 6.45) is 15.4. The molecule has 9 heterocycles. The van der Waals surface area contributed by atoms with Gasteiger partial charge in [-0.15, -0.1) is 0 Å². The van der Waals surface area contributed by atoms with Gasteiger partial charge in [0.1, 0.15) is 11.3 Å². The number of imide groups is 1. The molecule has 1 unspecified atom stereocenters. The van der Waals surface area contributed by atoms with Gasteiger partial charge in [-0.2, -0.15) is 0 Å². The Morgan fingerprint density at radius 1 is 0.797 bits per heavy atom. The van der Waals surface area contributed by atoms with Crippen LogP contribution in [0.3, 0.4) is 0 Å². The normalized spacial score (nSPS) is 24.8. The summed E-state index contributed by atoms with van der Waals surface area (Å²) < 4.78 is 7.88. The monoisotopic (exact) mass is 1010 g/mol. The predicted octanol–water partition coefficient (Wildman–Crippen LogP) is 6.86. The van der Waals surface area contributed by atoms with E-state index in [1.165, 1.54) is 19.3 Å². The Hall–Kier alpha value is -5.94. The fraction of sp³-hybridized carbons (Fsp3) is 0.614. The topological polar surface area (TPSA) is 178 Å². The molecule has 11 rings (SSSR count). The molecule has 6 fully saturated rings. The summed E-state index contributed by atoms with van der Waals surface area (Å²) in [4.78, 5) is 93.6. The van der Waals surface area contributed by atoms with E-state index in [-0.39, 0.29) is 65.9 Å². The molecule has 74 heavy (non-hydrogen) atoms. The molecule has 1 aliphatic carbocycles. The Bertz CT molecular complexity index is 2730. The van der Waals surface area contributed by atoms with E-state index in [0.29, 0.717) is 90.3 Å². The highest BCUT2D eigenvalue weighted by atomic mass is 16.5. The number of fused-ring (bicyclic) bond motifs is 2. The van der Waals surface area contributed by atoms with E-state index in [9.17, 15) is 24.0 Å². The lowest BCUT2D eigenvalue weighted by Crippen LogP contribution is -2.57. The number of aromatic nitrogens is 4. The van der Waals surface area contributed by atoms with Crippen LogP contribution in [0.25, 0.3) is 22.3 Å². The van der Waals surface area contributed by atoms with E-state index in [1.54, 1.807) is 6.20 Å². The molecular weight excluding hydrogens is 935 g/mol. The van der Waals surface area contributed by atoms with Crippen LogP contribution in [0.5, 0.6) is 0 Å². The number of amides is 5. The van der Waals surface area contributed by atoms with Gasteiger partial charge in [0.2, 0.25) is 29.5 Å². The standard InChI is InChI=1S/C57H75N11O6/c1-37(2)67-36-59-47-34-46(61-53(52(47)67)60-42-17-29-74-30-18-42)40-8-7-38-13-25-66(26-16-51(70)68(48(38)31-40)44-32-43(33-44)63-21-5-4-6-22-63)56(73)57(3)19-27-65(28-20-57)55(72)39-14-23-64(24-15-39)49-11-9-41(35-58-49)45-10-12-50(69)62-54(45)71/h7-9,11,31,34-37,39,42-45H,4-6,10,12-30,32-33H2,1-3H3,(H,60,61)(H,62,69,71)/t43-,44+,45?. The van der Waals surface area contributed by atoms with E-state index in [4.69, 9.17) is 14.7 Å². The Kier molecular flexibility index (Phi) is 14.5.